The number of hydrogen-bond acceptors (Lipinski definition) is 4. The van der Waals surface area contributed by atoms with Crippen molar-refractivity contribution in [2.24, 2.45) is 35.3 Å². The van der Waals surface area contributed by atoms with Gasteiger partial charge in [-0.15, -0.1) is 0 Å². The number of aliphatic hydroxyl groups is 1. The summed E-state index contributed by atoms with van der Waals surface area (Å²) in [6.07, 6.45) is 11.7. The van der Waals surface area contributed by atoms with Crippen LogP contribution in [0, 0.1) is 41.4 Å². The van der Waals surface area contributed by atoms with Crippen LogP contribution in [0.1, 0.15) is 75.8 Å². The van der Waals surface area contributed by atoms with E-state index in [9.17, 15) is 10.2 Å². The molecule has 4 aliphatic carbocycles. The van der Waals surface area contributed by atoms with Gasteiger partial charge in [0.05, 0.1) is 17.1 Å². The molecule has 6 aliphatic rings. The largest absolute Gasteiger partial charge is 0.508 e. The number of ether oxygens (including phenoxy) is 1. The second kappa shape index (κ2) is 7.74. The van der Waals surface area contributed by atoms with Crippen molar-refractivity contribution in [1.82, 2.24) is 0 Å². The monoisotopic (exact) mass is 449 g/mol. The van der Waals surface area contributed by atoms with Gasteiger partial charge in [0.15, 0.2) is 0 Å². The summed E-state index contributed by atoms with van der Waals surface area (Å²) >= 11 is 0. The normalized spacial score (nSPS) is 45.7. The number of rotatable bonds is 2. The van der Waals surface area contributed by atoms with E-state index in [1.54, 1.807) is 0 Å². The van der Waals surface area contributed by atoms with Crippen LogP contribution in [0.5, 0.6) is 5.75 Å². The lowest BCUT2D eigenvalue weighted by molar-refractivity contribution is -0.340. The van der Waals surface area contributed by atoms with E-state index in [2.05, 4.69) is 24.8 Å². The average Bonchev–Trinajstić information content (AvgIpc) is 2.78. The van der Waals surface area contributed by atoms with Gasteiger partial charge in [-0.25, -0.2) is 0 Å². The maximum absolute atomic E-state index is 10.2. The zero-order valence-electron chi connectivity index (χ0n) is 20.0. The Kier molecular flexibility index (Phi) is 5.15. The summed E-state index contributed by atoms with van der Waals surface area (Å²) in [4.78, 5) is 0. The minimum Gasteiger partial charge on any atom is -0.508 e. The maximum Gasteiger partial charge on any atom is 0.115 e. The lowest BCUT2D eigenvalue weighted by Crippen LogP contribution is -2.80. The van der Waals surface area contributed by atoms with Crippen molar-refractivity contribution in [3.8, 4) is 17.6 Å². The van der Waals surface area contributed by atoms with Crippen molar-refractivity contribution in [1.29, 1.82) is 0 Å². The molecule has 8 atom stereocenters. The molecule has 4 nitrogen and oxygen atoms in total. The first-order chi connectivity index (χ1) is 15.9. The molecular formula is C29H39NO3. The molecule has 7 rings (SSSR count). The number of phenols is 1. The lowest BCUT2D eigenvalue weighted by atomic mass is 9.43. The van der Waals surface area contributed by atoms with Crippen LogP contribution in [0.15, 0.2) is 18.2 Å². The Morgan fingerprint density at radius 3 is 2.88 bits per heavy atom. The van der Waals surface area contributed by atoms with Crippen molar-refractivity contribution in [3.05, 3.63) is 29.3 Å². The molecule has 0 amide bonds. The van der Waals surface area contributed by atoms with Gasteiger partial charge < -0.3 is 20.7 Å². The molecule has 0 unspecified atom stereocenters. The van der Waals surface area contributed by atoms with Crippen LogP contribution in [0.4, 0.5) is 0 Å². The SMILES string of the molecule is C[C@]12CCC[C@@H]3C[C@@]4(O1)[C@@H]1CCC[C@@H](Cc5ccc(O)cc5CC#C[C@@H]4[C@@](N)(CCO)[C@@H]32)C1. The molecule has 2 heterocycles. The molecule has 6 bridgehead atoms. The Labute approximate surface area is 198 Å². The summed E-state index contributed by atoms with van der Waals surface area (Å²) in [6, 6.07) is 5.83. The van der Waals surface area contributed by atoms with Crippen LogP contribution in [0.2, 0.25) is 0 Å². The van der Waals surface area contributed by atoms with Gasteiger partial charge in [-0.1, -0.05) is 37.2 Å². The molecule has 4 heteroatoms. The smallest absolute Gasteiger partial charge is 0.115 e. The molecule has 1 aromatic rings. The van der Waals surface area contributed by atoms with Gasteiger partial charge in [-0.05, 0) is 92.9 Å². The Morgan fingerprint density at radius 1 is 1.18 bits per heavy atom. The van der Waals surface area contributed by atoms with Gasteiger partial charge in [-0.3, -0.25) is 0 Å². The fraction of sp³-hybridized carbons (Fsp3) is 0.724. The maximum atomic E-state index is 10.2. The van der Waals surface area contributed by atoms with E-state index in [0.717, 1.165) is 24.8 Å². The molecule has 178 valence electrons. The van der Waals surface area contributed by atoms with Gasteiger partial charge >= 0.3 is 0 Å². The molecule has 1 aromatic carbocycles. The number of benzene rings is 1. The van der Waals surface area contributed by atoms with Gasteiger partial charge in [0, 0.05) is 24.5 Å². The third-order valence-corrected chi connectivity index (χ3v) is 10.2. The predicted octanol–water partition coefficient (Wildman–Crippen LogP) is 4.34. The number of phenolic OH excluding ortho intramolecular Hbond substituents is 1. The summed E-state index contributed by atoms with van der Waals surface area (Å²) in [5, 5.41) is 20.3. The van der Waals surface area contributed by atoms with Gasteiger partial charge in [0.1, 0.15) is 5.75 Å². The summed E-state index contributed by atoms with van der Waals surface area (Å²) in [5.41, 5.74) is 8.90. The first-order valence-corrected chi connectivity index (χ1v) is 13.3. The van der Waals surface area contributed by atoms with E-state index in [1.807, 2.05) is 12.1 Å². The van der Waals surface area contributed by atoms with E-state index in [4.69, 9.17) is 10.5 Å². The standard InChI is InChI=1S/C29H39NO3/c1-27-12-4-7-22-18-29(33-27)23-8-2-5-19(16-23)15-21-10-11-24(32)17-20(21)6-3-9-25(29)28(30,13-14-31)26(22)27/h10-11,17,19,22-23,25-26,31-32H,2,4-8,12-16,18,30H2,1H3/t19-,22+,23+,25+,26-,27+,28-,29+/m0/s1. The first-order valence-electron chi connectivity index (χ1n) is 13.3. The molecule has 33 heavy (non-hydrogen) atoms. The molecular weight excluding hydrogens is 410 g/mol. The van der Waals surface area contributed by atoms with Crippen molar-refractivity contribution < 1.29 is 14.9 Å². The third-order valence-electron chi connectivity index (χ3n) is 10.2. The van der Waals surface area contributed by atoms with E-state index in [0.29, 0.717) is 36.3 Å². The molecule has 2 saturated heterocycles. The number of nitrogens with two attached hydrogens (primary N) is 1. The zero-order chi connectivity index (χ0) is 22.8. The van der Waals surface area contributed by atoms with Crippen molar-refractivity contribution in [3.63, 3.8) is 0 Å². The minimum absolute atomic E-state index is 0.0489. The number of aliphatic hydroxyl groups excluding tert-OH is 1. The molecule has 2 aliphatic heterocycles. The second-order valence-corrected chi connectivity index (χ2v) is 12.1. The highest BCUT2D eigenvalue weighted by Crippen LogP contribution is 2.67. The zero-order valence-corrected chi connectivity index (χ0v) is 20.0. The molecule has 1 spiro atoms. The summed E-state index contributed by atoms with van der Waals surface area (Å²) < 4.78 is 7.33. The highest BCUT2D eigenvalue weighted by molar-refractivity contribution is 5.39. The van der Waals surface area contributed by atoms with Crippen LogP contribution >= 0.6 is 0 Å². The van der Waals surface area contributed by atoms with E-state index >= 15 is 0 Å². The lowest BCUT2D eigenvalue weighted by Gasteiger charge is -2.72. The fourth-order valence-corrected chi connectivity index (χ4v) is 9.27. The van der Waals surface area contributed by atoms with Crippen molar-refractivity contribution >= 4 is 0 Å². The van der Waals surface area contributed by atoms with E-state index < -0.39 is 5.54 Å². The van der Waals surface area contributed by atoms with Gasteiger partial charge in [0.2, 0.25) is 0 Å². The second-order valence-electron chi connectivity index (χ2n) is 12.1. The highest BCUT2D eigenvalue weighted by Gasteiger charge is 2.72. The Bertz CT molecular complexity index is 996. The molecule has 3 saturated carbocycles. The summed E-state index contributed by atoms with van der Waals surface area (Å²) in [7, 11) is 0. The van der Waals surface area contributed by atoms with E-state index in [-0.39, 0.29) is 29.6 Å². The molecule has 0 aromatic heterocycles. The van der Waals surface area contributed by atoms with Crippen LogP contribution in [-0.4, -0.2) is 33.6 Å². The predicted molar refractivity (Wildman–Crippen MR) is 129 cm³/mol. The molecule has 4 N–H and O–H groups in total. The van der Waals surface area contributed by atoms with Crippen molar-refractivity contribution in [2.45, 2.75) is 94.3 Å². The van der Waals surface area contributed by atoms with Crippen LogP contribution < -0.4 is 5.73 Å². The Hall–Kier alpha value is -1.54. The summed E-state index contributed by atoms with van der Waals surface area (Å²) in [5.74, 6) is 9.40. The number of hydrogen-bond donors (Lipinski definition) is 3. The van der Waals surface area contributed by atoms with Gasteiger partial charge in [0.25, 0.3) is 0 Å². The topological polar surface area (TPSA) is 75.7 Å². The Balaban J connectivity index is 1.51. The first kappa shape index (κ1) is 22.0. The quantitative estimate of drug-likeness (QED) is 0.587. The third kappa shape index (κ3) is 3.23. The summed E-state index contributed by atoms with van der Waals surface area (Å²) in [6.45, 7) is 2.42. The van der Waals surface area contributed by atoms with Gasteiger partial charge in [-0.2, -0.15) is 0 Å². The van der Waals surface area contributed by atoms with Crippen molar-refractivity contribution in [2.75, 3.05) is 6.61 Å². The minimum atomic E-state index is -0.513. The fourth-order valence-electron chi connectivity index (χ4n) is 9.27. The number of fused-ring (bicyclic) bond motifs is 3. The molecule has 0 radical (unpaired) electrons. The molecule has 5 fully saturated rings. The van der Waals surface area contributed by atoms with Crippen LogP contribution in [0.3, 0.4) is 0 Å². The van der Waals surface area contributed by atoms with Crippen LogP contribution in [0.25, 0.3) is 0 Å². The average molecular weight is 450 g/mol. The number of aromatic hydroxyl groups is 1. The van der Waals surface area contributed by atoms with Crippen LogP contribution in [-0.2, 0) is 17.6 Å². The Morgan fingerprint density at radius 2 is 2.06 bits per heavy atom. The van der Waals surface area contributed by atoms with E-state index in [1.165, 1.54) is 44.1 Å². The highest BCUT2D eigenvalue weighted by atomic mass is 16.5.